The molecule has 0 atom stereocenters. The number of amides is 1. The lowest BCUT2D eigenvalue weighted by atomic mass is 10.5. The third kappa shape index (κ3) is 5.60. The average Bonchev–Trinajstić information content (AvgIpc) is 2.18. The minimum Gasteiger partial charge on any atom is -0.481 e. The Labute approximate surface area is 91.9 Å². The van der Waals surface area contributed by atoms with E-state index < -0.39 is 5.97 Å². The SMILES string of the molecule is O=C(O)CCSC(=O)NN1CCOCC1. The first-order valence-electron chi connectivity index (χ1n) is 4.66. The fraction of sp³-hybridized carbons (Fsp3) is 0.750. The van der Waals surface area contributed by atoms with Gasteiger partial charge in [-0.2, -0.15) is 0 Å². The molecule has 1 heterocycles. The second kappa shape index (κ2) is 6.65. The van der Waals surface area contributed by atoms with Crippen molar-refractivity contribution in [2.45, 2.75) is 6.42 Å². The summed E-state index contributed by atoms with van der Waals surface area (Å²) in [5.74, 6) is -0.590. The lowest BCUT2D eigenvalue weighted by Gasteiger charge is -2.26. The van der Waals surface area contributed by atoms with Gasteiger partial charge in [-0.05, 0) is 0 Å². The maximum absolute atomic E-state index is 11.3. The zero-order chi connectivity index (χ0) is 11.1. The van der Waals surface area contributed by atoms with Gasteiger partial charge in [0.25, 0.3) is 5.24 Å². The van der Waals surface area contributed by atoms with Crippen LogP contribution in [0.25, 0.3) is 0 Å². The molecule has 7 heteroatoms. The molecular weight excluding hydrogens is 220 g/mol. The second-order valence-corrected chi connectivity index (χ2v) is 4.06. The van der Waals surface area contributed by atoms with Gasteiger partial charge < -0.3 is 9.84 Å². The van der Waals surface area contributed by atoms with Crippen LogP contribution in [0.5, 0.6) is 0 Å². The van der Waals surface area contributed by atoms with Crippen LogP contribution in [0.2, 0.25) is 0 Å². The van der Waals surface area contributed by atoms with Gasteiger partial charge >= 0.3 is 5.97 Å². The van der Waals surface area contributed by atoms with Crippen molar-refractivity contribution in [1.29, 1.82) is 0 Å². The van der Waals surface area contributed by atoms with Crippen LogP contribution in [0.15, 0.2) is 0 Å². The number of hydrazine groups is 1. The highest BCUT2D eigenvalue weighted by molar-refractivity contribution is 8.13. The zero-order valence-corrected chi connectivity index (χ0v) is 9.09. The Morgan fingerprint density at radius 3 is 2.67 bits per heavy atom. The number of thioether (sulfide) groups is 1. The van der Waals surface area contributed by atoms with E-state index in [1.54, 1.807) is 5.01 Å². The van der Waals surface area contributed by atoms with E-state index in [1.807, 2.05) is 0 Å². The van der Waals surface area contributed by atoms with Crippen LogP contribution in [0.1, 0.15) is 6.42 Å². The van der Waals surface area contributed by atoms with E-state index in [4.69, 9.17) is 9.84 Å². The van der Waals surface area contributed by atoms with Gasteiger partial charge in [0.15, 0.2) is 0 Å². The van der Waals surface area contributed by atoms with Crippen molar-refractivity contribution in [3.63, 3.8) is 0 Å². The van der Waals surface area contributed by atoms with Gasteiger partial charge in [0.1, 0.15) is 0 Å². The Morgan fingerprint density at radius 2 is 2.07 bits per heavy atom. The maximum Gasteiger partial charge on any atom is 0.304 e. The molecule has 15 heavy (non-hydrogen) atoms. The Bertz CT molecular complexity index is 231. The smallest absolute Gasteiger partial charge is 0.304 e. The lowest BCUT2D eigenvalue weighted by Crippen LogP contribution is -2.47. The summed E-state index contributed by atoms with van der Waals surface area (Å²) in [4.78, 5) is 21.5. The number of carboxylic acids is 1. The van der Waals surface area contributed by atoms with E-state index in [0.717, 1.165) is 11.8 Å². The number of aliphatic carboxylic acids is 1. The van der Waals surface area contributed by atoms with Crippen LogP contribution in [0.3, 0.4) is 0 Å². The van der Waals surface area contributed by atoms with Crippen LogP contribution in [0, 0.1) is 0 Å². The summed E-state index contributed by atoms with van der Waals surface area (Å²) in [6, 6.07) is 0. The molecule has 1 saturated heterocycles. The van der Waals surface area contributed by atoms with Gasteiger partial charge in [0, 0.05) is 18.8 Å². The third-order valence-electron chi connectivity index (χ3n) is 1.81. The van der Waals surface area contributed by atoms with E-state index in [1.165, 1.54) is 0 Å². The number of hydrogen-bond acceptors (Lipinski definition) is 5. The average molecular weight is 234 g/mol. The van der Waals surface area contributed by atoms with Gasteiger partial charge in [-0.15, -0.1) is 0 Å². The highest BCUT2D eigenvalue weighted by Crippen LogP contribution is 2.04. The predicted molar refractivity (Wildman–Crippen MR) is 55.6 cm³/mol. The van der Waals surface area contributed by atoms with Crippen molar-refractivity contribution in [2.24, 2.45) is 0 Å². The summed E-state index contributed by atoms with van der Waals surface area (Å²) in [5.41, 5.74) is 2.68. The van der Waals surface area contributed by atoms with Crippen LogP contribution in [0.4, 0.5) is 4.79 Å². The third-order valence-corrected chi connectivity index (χ3v) is 2.57. The summed E-state index contributed by atoms with van der Waals surface area (Å²) >= 11 is 0.985. The molecule has 1 rings (SSSR count). The fourth-order valence-electron chi connectivity index (χ4n) is 1.07. The van der Waals surface area contributed by atoms with Crippen LogP contribution in [-0.2, 0) is 9.53 Å². The molecule has 2 N–H and O–H groups in total. The van der Waals surface area contributed by atoms with Crippen LogP contribution >= 0.6 is 11.8 Å². The quantitative estimate of drug-likeness (QED) is 0.721. The molecule has 1 aliphatic rings. The number of hydrogen-bond donors (Lipinski definition) is 2. The lowest BCUT2D eigenvalue weighted by molar-refractivity contribution is -0.136. The predicted octanol–water partition coefficient (Wildman–Crippen LogP) is 0.151. The minimum absolute atomic E-state index is 0.00119. The Kier molecular flexibility index (Phi) is 5.44. The minimum atomic E-state index is -0.887. The molecule has 0 unspecified atom stereocenters. The van der Waals surface area contributed by atoms with E-state index in [2.05, 4.69) is 5.43 Å². The molecule has 0 bridgehead atoms. The molecule has 86 valence electrons. The molecule has 1 aliphatic heterocycles. The van der Waals surface area contributed by atoms with E-state index in [0.29, 0.717) is 32.1 Å². The van der Waals surface area contributed by atoms with Crippen molar-refractivity contribution in [3.05, 3.63) is 0 Å². The monoisotopic (exact) mass is 234 g/mol. The van der Waals surface area contributed by atoms with Gasteiger partial charge in [0.2, 0.25) is 0 Å². The van der Waals surface area contributed by atoms with Gasteiger partial charge in [-0.1, -0.05) is 11.8 Å². The first kappa shape index (κ1) is 12.3. The molecule has 0 aliphatic carbocycles. The van der Waals surface area contributed by atoms with E-state index in [9.17, 15) is 9.59 Å². The van der Waals surface area contributed by atoms with E-state index in [-0.39, 0.29) is 11.7 Å². The van der Waals surface area contributed by atoms with Crippen molar-refractivity contribution in [2.75, 3.05) is 32.1 Å². The topological polar surface area (TPSA) is 78.9 Å². The zero-order valence-electron chi connectivity index (χ0n) is 8.27. The second-order valence-electron chi connectivity index (χ2n) is 2.99. The first-order valence-corrected chi connectivity index (χ1v) is 5.65. The largest absolute Gasteiger partial charge is 0.481 e. The molecule has 0 spiro atoms. The number of nitrogens with one attached hydrogen (secondary N) is 1. The Balaban J connectivity index is 2.09. The Hall–Kier alpha value is -0.790. The van der Waals surface area contributed by atoms with Gasteiger partial charge in [0.05, 0.1) is 19.6 Å². The van der Waals surface area contributed by atoms with Gasteiger partial charge in [-0.25, -0.2) is 5.01 Å². The van der Waals surface area contributed by atoms with Crippen molar-refractivity contribution in [1.82, 2.24) is 10.4 Å². The molecule has 6 nitrogen and oxygen atoms in total. The summed E-state index contributed by atoms with van der Waals surface area (Å²) < 4.78 is 5.12. The molecular formula is C8H14N2O4S. The number of carboxylic acid groups (broad SMARTS) is 1. The summed E-state index contributed by atoms with van der Waals surface area (Å²) in [5, 5.41) is 9.94. The fourth-order valence-corrected chi connectivity index (χ4v) is 1.72. The molecule has 0 radical (unpaired) electrons. The summed E-state index contributed by atoms with van der Waals surface area (Å²) in [6.07, 6.45) is 0.00119. The Morgan fingerprint density at radius 1 is 1.40 bits per heavy atom. The molecule has 0 aromatic heterocycles. The highest BCUT2D eigenvalue weighted by Gasteiger charge is 2.13. The van der Waals surface area contributed by atoms with E-state index >= 15 is 0 Å². The number of carbonyl (C=O) groups excluding carboxylic acids is 1. The number of morpholine rings is 1. The standard InChI is InChI=1S/C8H14N2O4S/c11-7(12)1-6-15-8(13)9-10-2-4-14-5-3-10/h1-6H2,(H,9,13)(H,11,12). The van der Waals surface area contributed by atoms with Crippen LogP contribution in [-0.4, -0.2) is 53.4 Å². The number of ether oxygens (including phenoxy) is 1. The first-order chi connectivity index (χ1) is 7.18. The van der Waals surface area contributed by atoms with Crippen molar-refractivity contribution < 1.29 is 19.4 Å². The molecule has 1 fully saturated rings. The summed E-state index contributed by atoms with van der Waals surface area (Å²) in [6.45, 7) is 2.57. The summed E-state index contributed by atoms with van der Waals surface area (Å²) in [7, 11) is 0. The highest BCUT2D eigenvalue weighted by atomic mass is 32.2. The number of carbonyl (C=O) groups is 2. The number of rotatable bonds is 4. The number of nitrogens with zero attached hydrogens (tertiary/aromatic N) is 1. The molecule has 0 saturated carbocycles. The molecule has 0 aromatic rings. The van der Waals surface area contributed by atoms with Crippen molar-refractivity contribution in [3.8, 4) is 0 Å². The maximum atomic E-state index is 11.3. The van der Waals surface area contributed by atoms with Gasteiger partial charge in [-0.3, -0.25) is 15.0 Å². The van der Waals surface area contributed by atoms with Crippen molar-refractivity contribution >= 4 is 23.0 Å². The normalized spacial score (nSPS) is 17.3. The molecule has 0 aromatic carbocycles. The van der Waals surface area contributed by atoms with Crippen LogP contribution < -0.4 is 5.43 Å². The molecule has 1 amide bonds.